The van der Waals surface area contributed by atoms with Crippen molar-refractivity contribution >= 4 is 5.91 Å². The highest BCUT2D eigenvalue weighted by Gasteiger charge is 2.15. The summed E-state index contributed by atoms with van der Waals surface area (Å²) in [5, 5.41) is 3.15. The number of hydrogen-bond acceptors (Lipinski definition) is 3. The zero-order chi connectivity index (χ0) is 10.2. The average Bonchev–Trinajstić information content (AvgIpc) is 2.25. The number of ether oxygens (including phenoxy) is 1. The Balaban J connectivity index is 2.07. The minimum absolute atomic E-state index is 0.199. The van der Waals surface area contributed by atoms with Crippen LogP contribution in [0.1, 0.15) is 19.8 Å². The molecule has 0 spiro atoms. The first-order valence-electron chi connectivity index (χ1n) is 5.41. The van der Waals surface area contributed by atoms with Crippen molar-refractivity contribution in [3.8, 4) is 0 Å². The first-order valence-corrected chi connectivity index (χ1v) is 5.41. The Morgan fingerprint density at radius 2 is 2.14 bits per heavy atom. The van der Waals surface area contributed by atoms with Crippen LogP contribution in [0.2, 0.25) is 0 Å². The third kappa shape index (κ3) is 4.07. The van der Waals surface area contributed by atoms with Crippen molar-refractivity contribution in [3.05, 3.63) is 0 Å². The van der Waals surface area contributed by atoms with Crippen molar-refractivity contribution < 1.29 is 9.53 Å². The van der Waals surface area contributed by atoms with Gasteiger partial charge in [-0.2, -0.15) is 0 Å². The zero-order valence-electron chi connectivity index (χ0n) is 8.92. The minimum atomic E-state index is 0.199. The highest BCUT2D eigenvalue weighted by atomic mass is 16.5. The molecule has 1 saturated heterocycles. The molecule has 0 aromatic heterocycles. The lowest BCUT2D eigenvalue weighted by molar-refractivity contribution is -0.134. The van der Waals surface area contributed by atoms with Gasteiger partial charge in [-0.1, -0.05) is 13.3 Å². The Kier molecular flexibility index (Phi) is 5.56. The van der Waals surface area contributed by atoms with Gasteiger partial charge in [-0.15, -0.1) is 0 Å². The largest absolute Gasteiger partial charge is 0.378 e. The topological polar surface area (TPSA) is 41.6 Å². The molecule has 1 N–H and O–H groups in total. The molecule has 82 valence electrons. The van der Waals surface area contributed by atoms with Crippen LogP contribution < -0.4 is 5.32 Å². The van der Waals surface area contributed by atoms with Crippen LogP contribution in [-0.4, -0.2) is 50.2 Å². The molecule has 0 bridgehead atoms. The van der Waals surface area contributed by atoms with Gasteiger partial charge in [0.2, 0.25) is 5.91 Å². The van der Waals surface area contributed by atoms with Crippen LogP contribution >= 0.6 is 0 Å². The molecule has 14 heavy (non-hydrogen) atoms. The highest BCUT2D eigenvalue weighted by Crippen LogP contribution is 1.96. The number of carbonyl (C=O) groups excluding carboxylic acids is 1. The standard InChI is InChI=1S/C10H20N2O2/c1-2-3-4-11-9-10(13)12-5-7-14-8-6-12/h11H,2-9H2,1H3. The number of morpholine rings is 1. The van der Waals surface area contributed by atoms with Crippen LogP contribution in [0.4, 0.5) is 0 Å². The van der Waals surface area contributed by atoms with E-state index in [0.29, 0.717) is 19.8 Å². The molecule has 1 rings (SSSR count). The summed E-state index contributed by atoms with van der Waals surface area (Å²) in [6, 6.07) is 0. The van der Waals surface area contributed by atoms with E-state index in [4.69, 9.17) is 4.74 Å². The molecular formula is C10H20N2O2. The van der Waals surface area contributed by atoms with Crippen molar-refractivity contribution in [3.63, 3.8) is 0 Å². The van der Waals surface area contributed by atoms with E-state index in [-0.39, 0.29) is 5.91 Å². The van der Waals surface area contributed by atoms with Gasteiger partial charge in [0.15, 0.2) is 0 Å². The molecule has 0 atom stereocenters. The summed E-state index contributed by atoms with van der Waals surface area (Å²) < 4.78 is 5.18. The summed E-state index contributed by atoms with van der Waals surface area (Å²) in [6.45, 7) is 6.40. The van der Waals surface area contributed by atoms with E-state index in [0.717, 1.165) is 26.1 Å². The molecule has 0 unspecified atom stereocenters. The summed E-state index contributed by atoms with van der Waals surface area (Å²) >= 11 is 0. The van der Waals surface area contributed by atoms with Gasteiger partial charge in [-0.05, 0) is 13.0 Å². The van der Waals surface area contributed by atoms with E-state index >= 15 is 0 Å². The molecule has 4 nitrogen and oxygen atoms in total. The maximum absolute atomic E-state index is 11.6. The van der Waals surface area contributed by atoms with Crippen LogP contribution in [0.25, 0.3) is 0 Å². The lowest BCUT2D eigenvalue weighted by Crippen LogP contribution is -2.44. The average molecular weight is 200 g/mol. The van der Waals surface area contributed by atoms with Gasteiger partial charge in [0.25, 0.3) is 0 Å². The third-order valence-corrected chi connectivity index (χ3v) is 2.35. The molecular weight excluding hydrogens is 180 g/mol. The quantitative estimate of drug-likeness (QED) is 0.646. The predicted octanol–water partition coefficient (Wildman–Crippen LogP) is 0.235. The van der Waals surface area contributed by atoms with Gasteiger partial charge in [0.1, 0.15) is 0 Å². The maximum Gasteiger partial charge on any atom is 0.236 e. The van der Waals surface area contributed by atoms with Gasteiger partial charge in [0, 0.05) is 13.1 Å². The van der Waals surface area contributed by atoms with Crippen molar-refractivity contribution in [2.45, 2.75) is 19.8 Å². The number of hydrogen-bond donors (Lipinski definition) is 1. The van der Waals surface area contributed by atoms with Gasteiger partial charge < -0.3 is 15.0 Å². The Morgan fingerprint density at radius 1 is 1.43 bits per heavy atom. The Hall–Kier alpha value is -0.610. The van der Waals surface area contributed by atoms with Gasteiger partial charge in [-0.3, -0.25) is 4.79 Å². The molecule has 1 fully saturated rings. The normalized spacial score (nSPS) is 17.1. The Morgan fingerprint density at radius 3 is 2.79 bits per heavy atom. The molecule has 0 aromatic carbocycles. The second kappa shape index (κ2) is 6.79. The van der Waals surface area contributed by atoms with Crippen molar-refractivity contribution in [2.75, 3.05) is 39.4 Å². The molecule has 1 heterocycles. The summed E-state index contributed by atoms with van der Waals surface area (Å²) in [5.41, 5.74) is 0. The molecule has 0 aliphatic carbocycles. The first kappa shape index (κ1) is 11.5. The fraction of sp³-hybridized carbons (Fsp3) is 0.900. The van der Waals surface area contributed by atoms with Gasteiger partial charge in [-0.25, -0.2) is 0 Å². The summed E-state index contributed by atoms with van der Waals surface area (Å²) in [4.78, 5) is 13.4. The van der Waals surface area contributed by atoms with Crippen LogP contribution in [0.5, 0.6) is 0 Å². The monoisotopic (exact) mass is 200 g/mol. The molecule has 1 aliphatic rings. The maximum atomic E-state index is 11.6. The van der Waals surface area contributed by atoms with Crippen LogP contribution in [-0.2, 0) is 9.53 Å². The third-order valence-electron chi connectivity index (χ3n) is 2.35. The minimum Gasteiger partial charge on any atom is -0.378 e. The molecule has 0 radical (unpaired) electrons. The van der Waals surface area contributed by atoms with E-state index in [1.807, 2.05) is 4.90 Å². The van der Waals surface area contributed by atoms with Gasteiger partial charge >= 0.3 is 0 Å². The number of rotatable bonds is 5. The molecule has 1 aliphatic heterocycles. The zero-order valence-corrected chi connectivity index (χ0v) is 8.92. The molecule has 0 aromatic rings. The Bertz CT molecular complexity index is 168. The van der Waals surface area contributed by atoms with Crippen molar-refractivity contribution in [1.29, 1.82) is 0 Å². The number of nitrogens with zero attached hydrogens (tertiary/aromatic N) is 1. The van der Waals surface area contributed by atoms with E-state index in [1.165, 1.54) is 6.42 Å². The van der Waals surface area contributed by atoms with Crippen LogP contribution in [0, 0.1) is 0 Å². The fourth-order valence-electron chi connectivity index (χ4n) is 1.42. The molecule has 4 heteroatoms. The second-order valence-corrected chi connectivity index (χ2v) is 3.52. The summed E-state index contributed by atoms with van der Waals surface area (Å²) in [5.74, 6) is 0.199. The van der Waals surface area contributed by atoms with E-state index < -0.39 is 0 Å². The second-order valence-electron chi connectivity index (χ2n) is 3.52. The molecule has 1 amide bonds. The smallest absolute Gasteiger partial charge is 0.236 e. The van der Waals surface area contributed by atoms with E-state index in [2.05, 4.69) is 12.2 Å². The lowest BCUT2D eigenvalue weighted by Gasteiger charge is -2.26. The van der Waals surface area contributed by atoms with Crippen LogP contribution in [0.15, 0.2) is 0 Å². The van der Waals surface area contributed by atoms with Gasteiger partial charge in [0.05, 0.1) is 19.8 Å². The van der Waals surface area contributed by atoms with E-state index in [9.17, 15) is 4.79 Å². The number of carbonyl (C=O) groups is 1. The van der Waals surface area contributed by atoms with E-state index in [1.54, 1.807) is 0 Å². The number of nitrogens with one attached hydrogen (secondary N) is 1. The fourth-order valence-corrected chi connectivity index (χ4v) is 1.42. The lowest BCUT2D eigenvalue weighted by atomic mass is 10.3. The molecule has 0 saturated carbocycles. The highest BCUT2D eigenvalue weighted by molar-refractivity contribution is 5.78. The van der Waals surface area contributed by atoms with Crippen molar-refractivity contribution in [2.24, 2.45) is 0 Å². The predicted molar refractivity (Wildman–Crippen MR) is 55.2 cm³/mol. The Labute approximate surface area is 85.6 Å². The summed E-state index contributed by atoms with van der Waals surface area (Å²) in [6.07, 6.45) is 2.30. The van der Waals surface area contributed by atoms with Crippen molar-refractivity contribution in [1.82, 2.24) is 10.2 Å². The van der Waals surface area contributed by atoms with Crippen LogP contribution in [0.3, 0.4) is 0 Å². The number of unbranched alkanes of at least 4 members (excludes halogenated alkanes) is 1. The summed E-state index contributed by atoms with van der Waals surface area (Å²) in [7, 11) is 0. The SMILES string of the molecule is CCCCNCC(=O)N1CCOCC1. The number of amides is 1. The first-order chi connectivity index (χ1) is 6.84.